The number of amides is 1. The SMILES string of the molecule is CC1/C(=C\N(C)C)C(=O)CN1C(=O)OCc1ccccc1. The summed E-state index contributed by atoms with van der Waals surface area (Å²) in [6, 6.07) is 9.21. The van der Waals surface area contributed by atoms with Gasteiger partial charge in [-0.25, -0.2) is 4.79 Å². The van der Waals surface area contributed by atoms with Crippen LogP contribution in [0.1, 0.15) is 12.5 Å². The predicted octanol–water partition coefficient (Wildman–Crippen LogP) is 2.04. The van der Waals surface area contributed by atoms with Gasteiger partial charge in [-0.2, -0.15) is 0 Å². The zero-order chi connectivity index (χ0) is 15.4. The number of ether oxygens (including phenoxy) is 1. The van der Waals surface area contributed by atoms with Crippen LogP contribution in [-0.2, 0) is 16.1 Å². The molecule has 1 fully saturated rings. The number of likely N-dealkylation sites (tertiary alicyclic amines) is 1. The number of Topliss-reactive ketones (excluding diaryl/α,β-unsaturated/α-hetero) is 1. The number of carbonyl (C=O) groups excluding carboxylic acids is 2. The number of rotatable bonds is 3. The van der Waals surface area contributed by atoms with Gasteiger partial charge in [-0.1, -0.05) is 30.3 Å². The minimum atomic E-state index is -0.457. The average molecular weight is 288 g/mol. The zero-order valence-corrected chi connectivity index (χ0v) is 12.6. The Morgan fingerprint density at radius 3 is 2.67 bits per heavy atom. The summed E-state index contributed by atoms with van der Waals surface area (Å²) in [5, 5.41) is 0. The first-order chi connectivity index (χ1) is 9.99. The second kappa shape index (κ2) is 6.43. The van der Waals surface area contributed by atoms with E-state index in [0.717, 1.165) is 5.56 Å². The van der Waals surface area contributed by atoms with Crippen LogP contribution in [0.4, 0.5) is 4.79 Å². The fourth-order valence-corrected chi connectivity index (χ4v) is 2.27. The molecule has 1 aliphatic rings. The summed E-state index contributed by atoms with van der Waals surface area (Å²) >= 11 is 0. The van der Waals surface area contributed by atoms with Gasteiger partial charge >= 0.3 is 6.09 Å². The summed E-state index contributed by atoms with van der Waals surface area (Å²) in [7, 11) is 3.70. The number of carbonyl (C=O) groups is 2. The first-order valence-corrected chi connectivity index (χ1v) is 6.87. The van der Waals surface area contributed by atoms with Gasteiger partial charge in [0.25, 0.3) is 0 Å². The van der Waals surface area contributed by atoms with E-state index in [0.29, 0.717) is 5.57 Å². The fraction of sp³-hybridized carbons (Fsp3) is 0.375. The molecule has 1 aliphatic heterocycles. The molecule has 0 saturated carbocycles. The van der Waals surface area contributed by atoms with E-state index in [9.17, 15) is 9.59 Å². The highest BCUT2D eigenvalue weighted by Crippen LogP contribution is 2.21. The second-order valence-corrected chi connectivity index (χ2v) is 5.32. The molecular formula is C16H20N2O3. The van der Waals surface area contributed by atoms with Gasteiger partial charge in [0.1, 0.15) is 6.61 Å². The molecule has 1 amide bonds. The normalized spacial score (nSPS) is 20.0. The molecule has 0 aromatic heterocycles. The van der Waals surface area contributed by atoms with Crippen LogP contribution in [0.3, 0.4) is 0 Å². The molecule has 5 nitrogen and oxygen atoms in total. The van der Waals surface area contributed by atoms with Gasteiger partial charge in [0.05, 0.1) is 12.6 Å². The molecule has 5 heteroatoms. The third-order valence-electron chi connectivity index (χ3n) is 3.39. The van der Waals surface area contributed by atoms with Crippen molar-refractivity contribution in [2.45, 2.75) is 19.6 Å². The number of nitrogens with zero attached hydrogens (tertiary/aromatic N) is 2. The maximum Gasteiger partial charge on any atom is 0.411 e. The first-order valence-electron chi connectivity index (χ1n) is 6.87. The van der Waals surface area contributed by atoms with Crippen LogP contribution in [0.5, 0.6) is 0 Å². The molecule has 1 unspecified atom stereocenters. The third-order valence-corrected chi connectivity index (χ3v) is 3.39. The van der Waals surface area contributed by atoms with Gasteiger partial charge in [0, 0.05) is 25.9 Å². The van der Waals surface area contributed by atoms with Crippen molar-refractivity contribution >= 4 is 11.9 Å². The lowest BCUT2D eigenvalue weighted by Gasteiger charge is -2.20. The van der Waals surface area contributed by atoms with E-state index in [1.807, 2.05) is 56.3 Å². The molecule has 1 atom stereocenters. The van der Waals surface area contributed by atoms with E-state index in [4.69, 9.17) is 4.74 Å². The van der Waals surface area contributed by atoms with E-state index in [1.54, 1.807) is 6.20 Å². The average Bonchev–Trinajstić information content (AvgIpc) is 2.73. The number of benzene rings is 1. The van der Waals surface area contributed by atoms with Crippen molar-refractivity contribution in [2.24, 2.45) is 0 Å². The number of hydrogen-bond acceptors (Lipinski definition) is 4. The molecule has 0 spiro atoms. The van der Waals surface area contributed by atoms with E-state index in [-0.39, 0.29) is 25.0 Å². The van der Waals surface area contributed by atoms with Crippen molar-refractivity contribution in [1.82, 2.24) is 9.80 Å². The van der Waals surface area contributed by atoms with E-state index >= 15 is 0 Å². The largest absolute Gasteiger partial charge is 0.445 e. The summed E-state index contributed by atoms with van der Waals surface area (Å²) in [6.45, 7) is 2.13. The summed E-state index contributed by atoms with van der Waals surface area (Å²) in [5.41, 5.74) is 1.56. The predicted molar refractivity (Wildman–Crippen MR) is 79.6 cm³/mol. The molecule has 2 rings (SSSR count). The van der Waals surface area contributed by atoms with Gasteiger partial charge in [0.2, 0.25) is 0 Å². The Balaban J connectivity index is 1.99. The number of hydrogen-bond donors (Lipinski definition) is 0. The minimum absolute atomic E-state index is 0.0344. The topological polar surface area (TPSA) is 49.9 Å². The standard InChI is InChI=1S/C16H20N2O3/c1-12-14(9-17(2)3)15(19)10-18(12)16(20)21-11-13-7-5-4-6-8-13/h4-9,12H,10-11H2,1-3H3/b14-9+. The molecular weight excluding hydrogens is 268 g/mol. The van der Waals surface area contributed by atoms with Crippen LogP contribution < -0.4 is 0 Å². The van der Waals surface area contributed by atoms with Crippen LogP contribution >= 0.6 is 0 Å². The molecule has 1 heterocycles. The second-order valence-electron chi connectivity index (χ2n) is 5.32. The molecule has 21 heavy (non-hydrogen) atoms. The molecule has 112 valence electrons. The molecule has 1 aromatic rings. The molecule has 0 aliphatic carbocycles. The van der Waals surface area contributed by atoms with Crippen molar-refractivity contribution in [1.29, 1.82) is 0 Å². The van der Waals surface area contributed by atoms with Crippen LogP contribution in [-0.4, -0.2) is 48.4 Å². The quantitative estimate of drug-likeness (QED) is 0.799. The lowest BCUT2D eigenvalue weighted by molar-refractivity contribution is -0.114. The Kier molecular flexibility index (Phi) is 4.62. The van der Waals surface area contributed by atoms with Crippen LogP contribution in [0, 0.1) is 0 Å². The maximum absolute atomic E-state index is 12.1. The Morgan fingerprint density at radius 1 is 1.38 bits per heavy atom. The summed E-state index contributed by atoms with van der Waals surface area (Å²) in [6.07, 6.45) is 1.30. The highest BCUT2D eigenvalue weighted by atomic mass is 16.6. The lowest BCUT2D eigenvalue weighted by Crippen LogP contribution is -2.35. The molecule has 0 bridgehead atoms. The van der Waals surface area contributed by atoms with Crippen LogP contribution in [0.25, 0.3) is 0 Å². The van der Waals surface area contributed by atoms with Gasteiger partial charge < -0.3 is 9.64 Å². The highest BCUT2D eigenvalue weighted by Gasteiger charge is 2.36. The van der Waals surface area contributed by atoms with E-state index < -0.39 is 6.09 Å². The van der Waals surface area contributed by atoms with Gasteiger partial charge in [-0.05, 0) is 12.5 Å². The third kappa shape index (κ3) is 3.62. The summed E-state index contributed by atoms with van der Waals surface area (Å²) in [5.74, 6) is -0.0344. The zero-order valence-electron chi connectivity index (χ0n) is 12.6. The monoisotopic (exact) mass is 288 g/mol. The Labute approximate surface area is 124 Å². The Hall–Kier alpha value is -2.30. The number of ketones is 1. The molecule has 1 aromatic carbocycles. The fourth-order valence-electron chi connectivity index (χ4n) is 2.27. The van der Waals surface area contributed by atoms with Crippen molar-refractivity contribution in [2.75, 3.05) is 20.6 Å². The van der Waals surface area contributed by atoms with Crippen LogP contribution in [0.2, 0.25) is 0 Å². The highest BCUT2D eigenvalue weighted by molar-refractivity contribution is 6.02. The molecule has 1 saturated heterocycles. The first kappa shape index (κ1) is 15.1. The van der Waals surface area contributed by atoms with Gasteiger partial charge in [-0.15, -0.1) is 0 Å². The van der Waals surface area contributed by atoms with E-state index in [2.05, 4.69) is 0 Å². The lowest BCUT2D eigenvalue weighted by atomic mass is 10.1. The maximum atomic E-state index is 12.1. The summed E-state index contributed by atoms with van der Waals surface area (Å²) in [4.78, 5) is 27.3. The summed E-state index contributed by atoms with van der Waals surface area (Å²) < 4.78 is 5.28. The van der Waals surface area contributed by atoms with Gasteiger partial charge in [-0.3, -0.25) is 9.69 Å². The van der Waals surface area contributed by atoms with Crippen molar-refractivity contribution in [3.05, 3.63) is 47.7 Å². The van der Waals surface area contributed by atoms with Crippen molar-refractivity contribution < 1.29 is 14.3 Å². The molecule has 0 radical (unpaired) electrons. The van der Waals surface area contributed by atoms with E-state index in [1.165, 1.54) is 4.90 Å². The van der Waals surface area contributed by atoms with Crippen LogP contribution in [0.15, 0.2) is 42.1 Å². The van der Waals surface area contributed by atoms with Crippen molar-refractivity contribution in [3.8, 4) is 0 Å². The van der Waals surface area contributed by atoms with Crippen molar-refractivity contribution in [3.63, 3.8) is 0 Å². The Morgan fingerprint density at radius 2 is 2.05 bits per heavy atom. The smallest absolute Gasteiger partial charge is 0.411 e. The molecule has 0 N–H and O–H groups in total. The minimum Gasteiger partial charge on any atom is -0.445 e. The van der Waals surface area contributed by atoms with Gasteiger partial charge in [0.15, 0.2) is 5.78 Å². The Bertz CT molecular complexity index is 552.